The average molecular weight is 490 g/mol. The first kappa shape index (κ1) is 24.0. The summed E-state index contributed by atoms with van der Waals surface area (Å²) in [7, 11) is 0. The quantitative estimate of drug-likeness (QED) is 0.144. The third kappa shape index (κ3) is 5.88. The number of fused-ring (bicyclic) bond motifs is 1. The van der Waals surface area contributed by atoms with Gasteiger partial charge in [0.1, 0.15) is 0 Å². The van der Waals surface area contributed by atoms with Crippen LogP contribution in [0.1, 0.15) is 22.8 Å². The van der Waals surface area contributed by atoms with Crippen LogP contribution in [0.25, 0.3) is 10.9 Å². The second-order valence-corrected chi connectivity index (χ2v) is 8.71. The van der Waals surface area contributed by atoms with Gasteiger partial charge in [-0.1, -0.05) is 30.3 Å². The molecule has 3 aromatic carbocycles. The van der Waals surface area contributed by atoms with Crippen molar-refractivity contribution >= 4 is 45.9 Å². The van der Waals surface area contributed by atoms with Gasteiger partial charge in [0.25, 0.3) is 5.69 Å². The number of benzene rings is 3. The van der Waals surface area contributed by atoms with Crippen LogP contribution in [0.5, 0.6) is 0 Å². The SMILES string of the molecule is CCOC(=O)c1ccc(NC(=O)CSc2cn(Cc3ccc([N+](=O)[O-])cc3)c3ccccc23)cc1. The van der Waals surface area contributed by atoms with Crippen molar-refractivity contribution < 1.29 is 19.2 Å². The number of nitrogens with zero attached hydrogens (tertiary/aromatic N) is 2. The van der Waals surface area contributed by atoms with Gasteiger partial charge in [0.15, 0.2) is 0 Å². The van der Waals surface area contributed by atoms with E-state index in [1.807, 2.05) is 30.5 Å². The lowest BCUT2D eigenvalue weighted by Gasteiger charge is -2.06. The van der Waals surface area contributed by atoms with Crippen molar-refractivity contribution in [3.05, 3.63) is 100 Å². The summed E-state index contributed by atoms with van der Waals surface area (Å²) in [5.74, 6) is -0.345. The molecule has 1 heterocycles. The van der Waals surface area contributed by atoms with E-state index < -0.39 is 10.9 Å². The van der Waals surface area contributed by atoms with Gasteiger partial charge >= 0.3 is 5.97 Å². The second-order valence-electron chi connectivity index (χ2n) is 7.70. The standard InChI is InChI=1S/C26H23N3O5S/c1-2-34-26(31)19-9-11-20(12-10-19)27-25(30)17-35-24-16-28(23-6-4-3-5-22(23)24)15-18-7-13-21(14-8-18)29(32)33/h3-14,16H,2,15,17H2,1H3,(H,27,30). The maximum Gasteiger partial charge on any atom is 0.338 e. The summed E-state index contributed by atoms with van der Waals surface area (Å²) in [6.07, 6.45) is 2.00. The fraction of sp³-hybridized carbons (Fsp3) is 0.154. The number of anilines is 1. The van der Waals surface area contributed by atoms with Crippen LogP contribution in [-0.4, -0.2) is 33.7 Å². The van der Waals surface area contributed by atoms with E-state index in [4.69, 9.17) is 4.74 Å². The summed E-state index contributed by atoms with van der Waals surface area (Å²) in [4.78, 5) is 35.8. The fourth-order valence-corrected chi connectivity index (χ4v) is 4.51. The highest BCUT2D eigenvalue weighted by molar-refractivity contribution is 8.00. The van der Waals surface area contributed by atoms with Crippen LogP contribution in [0.3, 0.4) is 0 Å². The lowest BCUT2D eigenvalue weighted by Crippen LogP contribution is -2.14. The van der Waals surface area contributed by atoms with Crippen LogP contribution in [0, 0.1) is 10.1 Å². The fourth-order valence-electron chi connectivity index (χ4n) is 3.62. The number of aromatic nitrogens is 1. The number of nitrogens with one attached hydrogen (secondary N) is 1. The molecule has 0 radical (unpaired) electrons. The Morgan fingerprint density at radius 1 is 1.03 bits per heavy atom. The maximum atomic E-state index is 12.5. The van der Waals surface area contributed by atoms with Crippen LogP contribution in [0.2, 0.25) is 0 Å². The van der Waals surface area contributed by atoms with E-state index in [9.17, 15) is 19.7 Å². The van der Waals surface area contributed by atoms with E-state index in [0.29, 0.717) is 24.4 Å². The predicted molar refractivity (Wildman–Crippen MR) is 136 cm³/mol. The van der Waals surface area contributed by atoms with E-state index in [2.05, 4.69) is 9.88 Å². The van der Waals surface area contributed by atoms with Gasteiger partial charge in [0.05, 0.1) is 22.8 Å². The third-order valence-electron chi connectivity index (χ3n) is 5.29. The molecule has 0 aliphatic heterocycles. The van der Waals surface area contributed by atoms with Crippen LogP contribution in [0.4, 0.5) is 11.4 Å². The van der Waals surface area contributed by atoms with Crippen LogP contribution in [0.15, 0.2) is 83.9 Å². The van der Waals surface area contributed by atoms with E-state index in [1.54, 1.807) is 43.3 Å². The molecule has 0 aliphatic rings. The van der Waals surface area contributed by atoms with Crippen molar-refractivity contribution in [3.63, 3.8) is 0 Å². The molecule has 4 rings (SSSR count). The number of rotatable bonds is 9. The second kappa shape index (κ2) is 10.9. The summed E-state index contributed by atoms with van der Waals surface area (Å²) in [5.41, 5.74) is 3.05. The molecule has 0 aliphatic carbocycles. The Labute approximate surface area is 206 Å². The summed E-state index contributed by atoms with van der Waals surface area (Å²) in [6, 6.07) is 21.0. The third-order valence-corrected chi connectivity index (χ3v) is 6.33. The number of esters is 1. The van der Waals surface area contributed by atoms with Crippen molar-refractivity contribution in [1.29, 1.82) is 0 Å². The van der Waals surface area contributed by atoms with E-state index in [0.717, 1.165) is 21.4 Å². The first-order valence-electron chi connectivity index (χ1n) is 11.0. The first-order chi connectivity index (χ1) is 16.9. The minimum Gasteiger partial charge on any atom is -0.462 e. The monoisotopic (exact) mass is 489 g/mol. The molecule has 1 aromatic heterocycles. The Morgan fingerprint density at radius 2 is 1.74 bits per heavy atom. The van der Waals surface area contributed by atoms with Crippen LogP contribution >= 0.6 is 11.8 Å². The van der Waals surface area contributed by atoms with Gasteiger partial charge in [-0.15, -0.1) is 11.8 Å². The molecule has 0 atom stereocenters. The molecule has 0 saturated carbocycles. The Hall–Kier alpha value is -4.11. The van der Waals surface area contributed by atoms with Gasteiger partial charge in [0.2, 0.25) is 5.91 Å². The molecule has 4 aromatic rings. The van der Waals surface area contributed by atoms with Gasteiger partial charge in [-0.25, -0.2) is 4.79 Å². The number of nitro groups is 1. The lowest BCUT2D eigenvalue weighted by atomic mass is 10.2. The number of non-ortho nitro benzene ring substituents is 1. The van der Waals surface area contributed by atoms with Gasteiger partial charge in [-0.05, 0) is 42.8 Å². The molecular formula is C26H23N3O5S. The molecular weight excluding hydrogens is 466 g/mol. The lowest BCUT2D eigenvalue weighted by molar-refractivity contribution is -0.384. The molecule has 178 valence electrons. The normalized spacial score (nSPS) is 10.8. The number of nitro benzene ring substituents is 1. The maximum absolute atomic E-state index is 12.5. The summed E-state index contributed by atoms with van der Waals surface area (Å²) in [5, 5.41) is 14.8. The molecule has 35 heavy (non-hydrogen) atoms. The number of thioether (sulfide) groups is 1. The molecule has 8 nitrogen and oxygen atoms in total. The number of para-hydroxylation sites is 1. The van der Waals surface area contributed by atoms with Crippen molar-refractivity contribution in [3.8, 4) is 0 Å². The van der Waals surface area contributed by atoms with Crippen molar-refractivity contribution in [2.24, 2.45) is 0 Å². The zero-order chi connectivity index (χ0) is 24.8. The number of carbonyl (C=O) groups is 2. The Kier molecular flexibility index (Phi) is 7.47. The molecule has 0 unspecified atom stereocenters. The highest BCUT2D eigenvalue weighted by Crippen LogP contribution is 2.31. The van der Waals surface area contributed by atoms with Crippen LogP contribution in [-0.2, 0) is 16.1 Å². The largest absolute Gasteiger partial charge is 0.462 e. The predicted octanol–water partition coefficient (Wildman–Crippen LogP) is 5.51. The molecule has 0 saturated heterocycles. The van der Waals surface area contributed by atoms with E-state index in [-0.39, 0.29) is 17.3 Å². The molecule has 0 bridgehead atoms. The Bertz CT molecular complexity index is 1360. The highest BCUT2D eigenvalue weighted by Gasteiger charge is 2.13. The Morgan fingerprint density at radius 3 is 2.43 bits per heavy atom. The Balaban J connectivity index is 1.42. The van der Waals surface area contributed by atoms with Gasteiger partial charge in [-0.3, -0.25) is 14.9 Å². The molecule has 0 spiro atoms. The van der Waals surface area contributed by atoms with Crippen molar-refractivity contribution in [2.45, 2.75) is 18.4 Å². The average Bonchev–Trinajstić information content (AvgIpc) is 3.21. The number of hydrogen-bond donors (Lipinski definition) is 1. The topological polar surface area (TPSA) is 103 Å². The number of hydrogen-bond acceptors (Lipinski definition) is 6. The molecule has 1 N–H and O–H groups in total. The van der Waals surface area contributed by atoms with E-state index in [1.165, 1.54) is 23.9 Å². The van der Waals surface area contributed by atoms with Crippen molar-refractivity contribution in [2.75, 3.05) is 17.7 Å². The minimum absolute atomic E-state index is 0.0592. The van der Waals surface area contributed by atoms with Crippen molar-refractivity contribution in [1.82, 2.24) is 4.57 Å². The minimum atomic E-state index is -0.413. The summed E-state index contributed by atoms with van der Waals surface area (Å²) < 4.78 is 7.04. The number of amides is 1. The molecule has 0 fully saturated rings. The molecule has 1 amide bonds. The van der Waals surface area contributed by atoms with Crippen LogP contribution < -0.4 is 5.32 Å². The summed E-state index contributed by atoms with van der Waals surface area (Å²) >= 11 is 1.43. The molecule has 9 heteroatoms. The van der Waals surface area contributed by atoms with Gasteiger partial charge < -0.3 is 14.6 Å². The zero-order valence-electron chi connectivity index (χ0n) is 19.0. The van der Waals surface area contributed by atoms with Gasteiger partial charge in [-0.2, -0.15) is 0 Å². The van der Waals surface area contributed by atoms with E-state index >= 15 is 0 Å². The number of ether oxygens (including phenoxy) is 1. The highest BCUT2D eigenvalue weighted by atomic mass is 32.2. The summed E-state index contributed by atoms with van der Waals surface area (Å²) in [6.45, 7) is 2.61. The smallest absolute Gasteiger partial charge is 0.338 e. The van der Waals surface area contributed by atoms with Gasteiger partial charge in [0, 0.05) is 46.4 Å². The first-order valence-corrected chi connectivity index (χ1v) is 11.9. The number of carbonyl (C=O) groups excluding carboxylic acids is 2. The zero-order valence-corrected chi connectivity index (χ0v) is 19.8.